The van der Waals surface area contributed by atoms with Crippen molar-refractivity contribution in [3.05, 3.63) is 28.3 Å². The first-order valence-corrected chi connectivity index (χ1v) is 8.57. The Labute approximate surface area is 135 Å². The van der Waals surface area contributed by atoms with E-state index in [4.69, 9.17) is 0 Å². The van der Waals surface area contributed by atoms with Crippen molar-refractivity contribution >= 4 is 22.4 Å². The van der Waals surface area contributed by atoms with Crippen LogP contribution in [0.2, 0.25) is 0 Å². The molecule has 0 bridgehead atoms. The van der Waals surface area contributed by atoms with Crippen LogP contribution in [0.5, 0.6) is 0 Å². The molecule has 1 aromatic rings. The molecule has 2 N–H and O–H groups in total. The van der Waals surface area contributed by atoms with E-state index in [2.05, 4.69) is 17.0 Å². The third kappa shape index (κ3) is 5.25. The summed E-state index contributed by atoms with van der Waals surface area (Å²) in [4.78, 5) is 0.436. The fourth-order valence-electron chi connectivity index (χ4n) is 2.23. The normalized spacial score (nSPS) is 11.3. The average Bonchev–Trinajstić information content (AvgIpc) is 2.36. The Morgan fingerprint density at radius 2 is 1.48 bits per heavy atom. The minimum absolute atomic E-state index is 0. The Balaban J connectivity index is 0.00000400. The van der Waals surface area contributed by atoms with E-state index in [0.717, 1.165) is 35.2 Å². The van der Waals surface area contributed by atoms with Crippen molar-refractivity contribution in [1.82, 2.24) is 10.0 Å². The van der Waals surface area contributed by atoms with Crippen LogP contribution in [0.3, 0.4) is 0 Å². The number of nitrogens with one attached hydrogen (secondary N) is 2. The molecule has 0 saturated carbocycles. The van der Waals surface area contributed by atoms with Gasteiger partial charge in [-0.15, -0.1) is 12.4 Å². The topological polar surface area (TPSA) is 58.2 Å². The number of halogens is 1. The molecule has 21 heavy (non-hydrogen) atoms. The van der Waals surface area contributed by atoms with Gasteiger partial charge >= 0.3 is 0 Å². The van der Waals surface area contributed by atoms with Crippen LogP contribution in [0.25, 0.3) is 0 Å². The van der Waals surface area contributed by atoms with Crippen molar-refractivity contribution in [2.24, 2.45) is 0 Å². The summed E-state index contributed by atoms with van der Waals surface area (Å²) in [5, 5.41) is 3.18. The molecule has 0 aliphatic carbocycles. The minimum atomic E-state index is -3.44. The van der Waals surface area contributed by atoms with Crippen molar-refractivity contribution in [2.45, 2.75) is 45.9 Å². The lowest BCUT2D eigenvalue weighted by atomic mass is 10.0. The first-order valence-electron chi connectivity index (χ1n) is 7.09. The lowest BCUT2D eigenvalue weighted by Gasteiger charge is -2.16. The third-order valence-corrected chi connectivity index (χ3v) is 5.32. The molecule has 0 spiro atoms. The van der Waals surface area contributed by atoms with E-state index in [-0.39, 0.29) is 12.4 Å². The SMILES string of the molecule is CCCNCCNS(=O)(=O)c1c(C)c(C)cc(C)c1C.Cl. The summed E-state index contributed by atoms with van der Waals surface area (Å²) >= 11 is 0. The highest BCUT2D eigenvalue weighted by atomic mass is 35.5. The van der Waals surface area contributed by atoms with Crippen molar-refractivity contribution in [2.75, 3.05) is 19.6 Å². The van der Waals surface area contributed by atoms with Gasteiger partial charge in [0.1, 0.15) is 0 Å². The summed E-state index contributed by atoms with van der Waals surface area (Å²) in [6.45, 7) is 11.7. The Hall–Kier alpha value is -0.620. The van der Waals surface area contributed by atoms with Gasteiger partial charge < -0.3 is 5.32 Å². The van der Waals surface area contributed by atoms with Crippen molar-refractivity contribution < 1.29 is 8.42 Å². The van der Waals surface area contributed by atoms with Crippen LogP contribution in [0, 0.1) is 27.7 Å². The highest BCUT2D eigenvalue weighted by Crippen LogP contribution is 2.25. The molecular weight excluding hydrogens is 308 g/mol. The van der Waals surface area contributed by atoms with E-state index in [0.29, 0.717) is 18.0 Å². The van der Waals surface area contributed by atoms with Gasteiger partial charge in [0.25, 0.3) is 0 Å². The number of hydrogen-bond acceptors (Lipinski definition) is 3. The summed E-state index contributed by atoms with van der Waals surface area (Å²) < 4.78 is 27.6. The first-order chi connectivity index (χ1) is 9.31. The van der Waals surface area contributed by atoms with Gasteiger partial charge in [-0.2, -0.15) is 0 Å². The summed E-state index contributed by atoms with van der Waals surface area (Å²) in [6, 6.07) is 2.03. The fourth-order valence-corrected chi connectivity index (χ4v) is 3.87. The smallest absolute Gasteiger partial charge is 0.241 e. The van der Waals surface area contributed by atoms with Gasteiger partial charge in [-0.1, -0.05) is 13.0 Å². The van der Waals surface area contributed by atoms with Gasteiger partial charge in [-0.25, -0.2) is 13.1 Å². The maximum atomic E-state index is 12.5. The average molecular weight is 335 g/mol. The Morgan fingerprint density at radius 3 is 1.95 bits per heavy atom. The van der Waals surface area contributed by atoms with Gasteiger partial charge in [-0.05, 0) is 62.9 Å². The van der Waals surface area contributed by atoms with Gasteiger partial charge in [0.05, 0.1) is 4.90 Å². The molecule has 0 aromatic heterocycles. The van der Waals surface area contributed by atoms with E-state index in [1.165, 1.54) is 0 Å². The molecule has 0 saturated heterocycles. The van der Waals surface area contributed by atoms with Crippen LogP contribution in [0.15, 0.2) is 11.0 Å². The molecule has 0 heterocycles. The van der Waals surface area contributed by atoms with Gasteiger partial charge in [0.2, 0.25) is 10.0 Å². The van der Waals surface area contributed by atoms with Gasteiger partial charge in [-0.3, -0.25) is 0 Å². The maximum absolute atomic E-state index is 12.5. The molecule has 1 aromatic carbocycles. The number of hydrogen-bond donors (Lipinski definition) is 2. The van der Waals surface area contributed by atoms with Crippen LogP contribution >= 0.6 is 12.4 Å². The molecule has 1 rings (SSSR count). The zero-order valence-electron chi connectivity index (χ0n) is 13.5. The Morgan fingerprint density at radius 1 is 0.952 bits per heavy atom. The molecule has 0 aliphatic rings. The van der Waals surface area contributed by atoms with E-state index >= 15 is 0 Å². The molecule has 0 fully saturated rings. The number of sulfonamides is 1. The largest absolute Gasteiger partial charge is 0.315 e. The van der Waals surface area contributed by atoms with Gasteiger partial charge in [0.15, 0.2) is 0 Å². The molecule has 0 unspecified atom stereocenters. The number of rotatable bonds is 7. The minimum Gasteiger partial charge on any atom is -0.315 e. The van der Waals surface area contributed by atoms with Crippen LogP contribution < -0.4 is 10.0 Å². The predicted molar refractivity (Wildman–Crippen MR) is 91.0 cm³/mol. The van der Waals surface area contributed by atoms with Crippen LogP contribution in [-0.2, 0) is 10.0 Å². The number of benzene rings is 1. The predicted octanol–water partition coefficient (Wildman–Crippen LogP) is 2.62. The second-order valence-corrected chi connectivity index (χ2v) is 6.94. The molecule has 0 atom stereocenters. The highest BCUT2D eigenvalue weighted by molar-refractivity contribution is 7.89. The van der Waals surface area contributed by atoms with Crippen LogP contribution in [0.4, 0.5) is 0 Å². The second-order valence-electron chi connectivity index (χ2n) is 5.24. The molecular formula is C15H27ClN2O2S. The number of aryl methyl sites for hydroxylation is 2. The monoisotopic (exact) mass is 334 g/mol. The van der Waals surface area contributed by atoms with Crippen molar-refractivity contribution in [3.8, 4) is 0 Å². The molecule has 122 valence electrons. The van der Waals surface area contributed by atoms with E-state index in [1.54, 1.807) is 0 Å². The summed E-state index contributed by atoms with van der Waals surface area (Å²) in [5.74, 6) is 0. The highest BCUT2D eigenvalue weighted by Gasteiger charge is 2.21. The summed E-state index contributed by atoms with van der Waals surface area (Å²) in [7, 11) is -3.44. The zero-order valence-corrected chi connectivity index (χ0v) is 15.2. The standard InChI is InChI=1S/C15H26N2O2S.ClH/c1-6-7-16-8-9-17-20(18,19)15-13(4)11(2)10-12(3)14(15)5;/h10,16-17H,6-9H2,1-5H3;1H. The summed E-state index contributed by atoms with van der Waals surface area (Å²) in [5.41, 5.74) is 3.69. The lowest BCUT2D eigenvalue weighted by Crippen LogP contribution is -2.33. The van der Waals surface area contributed by atoms with E-state index in [9.17, 15) is 8.42 Å². The van der Waals surface area contributed by atoms with Crippen LogP contribution in [-0.4, -0.2) is 28.1 Å². The second kappa shape index (κ2) is 8.73. The first kappa shape index (κ1) is 20.4. The third-order valence-electron chi connectivity index (χ3n) is 3.59. The molecule has 4 nitrogen and oxygen atoms in total. The Kier molecular flexibility index (Phi) is 8.48. The maximum Gasteiger partial charge on any atom is 0.241 e. The molecule has 6 heteroatoms. The molecule has 0 aliphatic heterocycles. The van der Waals surface area contributed by atoms with Crippen molar-refractivity contribution in [1.29, 1.82) is 0 Å². The van der Waals surface area contributed by atoms with Crippen molar-refractivity contribution in [3.63, 3.8) is 0 Å². The van der Waals surface area contributed by atoms with E-state index in [1.807, 2.05) is 33.8 Å². The molecule has 0 amide bonds. The fraction of sp³-hybridized carbons (Fsp3) is 0.600. The zero-order chi connectivity index (χ0) is 15.3. The quantitative estimate of drug-likeness (QED) is 0.754. The van der Waals surface area contributed by atoms with E-state index < -0.39 is 10.0 Å². The van der Waals surface area contributed by atoms with Crippen LogP contribution in [0.1, 0.15) is 35.6 Å². The lowest BCUT2D eigenvalue weighted by molar-refractivity contribution is 0.574. The molecule has 0 radical (unpaired) electrons. The Bertz CT molecular complexity index is 545. The summed E-state index contributed by atoms with van der Waals surface area (Å²) in [6.07, 6.45) is 1.04. The van der Waals surface area contributed by atoms with Gasteiger partial charge in [0, 0.05) is 13.1 Å².